The maximum atomic E-state index is 11.9. The fraction of sp³-hybridized carbons (Fsp3) is 0.471. The van der Waals surface area contributed by atoms with Crippen molar-refractivity contribution >= 4 is 11.6 Å². The molecule has 0 amide bonds. The number of rotatable bonds is 8. The minimum absolute atomic E-state index is 0.0259. The van der Waals surface area contributed by atoms with Crippen LogP contribution in [0.15, 0.2) is 30.6 Å². The van der Waals surface area contributed by atoms with Crippen LogP contribution in [-0.2, 0) is 11.3 Å². The van der Waals surface area contributed by atoms with Crippen molar-refractivity contribution in [3.8, 4) is 6.07 Å². The van der Waals surface area contributed by atoms with Crippen molar-refractivity contribution < 1.29 is 4.79 Å². The summed E-state index contributed by atoms with van der Waals surface area (Å²) in [5.41, 5.74) is 1.36. The minimum atomic E-state index is -0.0259. The van der Waals surface area contributed by atoms with Crippen LogP contribution in [0, 0.1) is 17.2 Å². The van der Waals surface area contributed by atoms with E-state index in [4.69, 9.17) is 0 Å². The minimum Gasteiger partial charge on any atom is -0.343 e. The van der Waals surface area contributed by atoms with Gasteiger partial charge in [0, 0.05) is 24.2 Å². The molecule has 0 aromatic carbocycles. The number of nitrogens with one attached hydrogen (secondary N) is 1. The summed E-state index contributed by atoms with van der Waals surface area (Å²) in [5, 5.41) is 16.7. The number of allylic oxidation sites excluding steroid dienone is 3. The van der Waals surface area contributed by atoms with E-state index < -0.39 is 0 Å². The Morgan fingerprint density at radius 3 is 3.09 bits per heavy atom. The first-order chi connectivity index (χ1) is 10.7. The van der Waals surface area contributed by atoms with Crippen molar-refractivity contribution in [3.05, 3.63) is 36.2 Å². The highest BCUT2D eigenvalue weighted by atomic mass is 16.1. The van der Waals surface area contributed by atoms with E-state index in [9.17, 15) is 10.1 Å². The van der Waals surface area contributed by atoms with Gasteiger partial charge in [0.15, 0.2) is 5.78 Å². The van der Waals surface area contributed by atoms with E-state index in [1.54, 1.807) is 18.3 Å². The largest absolute Gasteiger partial charge is 0.343 e. The van der Waals surface area contributed by atoms with Crippen LogP contribution in [0.1, 0.15) is 44.6 Å². The van der Waals surface area contributed by atoms with Crippen molar-refractivity contribution in [2.45, 2.75) is 45.6 Å². The first-order valence-electron chi connectivity index (χ1n) is 7.77. The van der Waals surface area contributed by atoms with Gasteiger partial charge in [0.2, 0.25) is 0 Å². The molecule has 1 N–H and O–H groups in total. The lowest BCUT2D eigenvalue weighted by Gasteiger charge is -2.12. The molecule has 0 fully saturated rings. The molecule has 5 nitrogen and oxygen atoms in total. The zero-order valence-electron chi connectivity index (χ0n) is 13.0. The van der Waals surface area contributed by atoms with Gasteiger partial charge in [-0.05, 0) is 19.3 Å². The maximum Gasteiger partial charge on any atom is 0.161 e. The number of unbranched alkanes of at least 4 members (excludes halogenated alkanes) is 2. The first kappa shape index (κ1) is 16.0. The number of nitrogens with zero attached hydrogens (tertiary/aromatic N) is 3. The predicted molar refractivity (Wildman–Crippen MR) is 86.1 cm³/mol. The van der Waals surface area contributed by atoms with Crippen LogP contribution < -0.4 is 5.32 Å². The molecular weight excluding hydrogens is 276 g/mol. The quantitative estimate of drug-likeness (QED) is 0.590. The first-order valence-corrected chi connectivity index (χ1v) is 7.77. The number of carbonyl (C=O) groups excluding carboxylic acids is 1. The number of anilines is 1. The van der Waals surface area contributed by atoms with Gasteiger partial charge in [0.05, 0.1) is 6.20 Å². The maximum absolute atomic E-state index is 11.9. The van der Waals surface area contributed by atoms with Crippen molar-refractivity contribution in [2.24, 2.45) is 5.92 Å². The average molecular weight is 298 g/mol. The predicted octanol–water partition coefficient (Wildman–Crippen LogP) is 3.41. The van der Waals surface area contributed by atoms with Gasteiger partial charge in [-0.15, -0.1) is 6.58 Å². The number of carbonyl (C=O) groups is 1. The van der Waals surface area contributed by atoms with Crippen molar-refractivity contribution in [3.63, 3.8) is 0 Å². The van der Waals surface area contributed by atoms with Crippen LogP contribution in [0.2, 0.25) is 0 Å². The standard InChI is InChI=1S/C17H22N4O/c1-3-5-6-8-21-17(14(11-18)12-19-21)20-15-9-13(7-4-2)16(22)10-15/h4,10,12-13,20H,2-3,5-9H2,1H3. The van der Waals surface area contributed by atoms with Crippen LogP contribution in [0.25, 0.3) is 0 Å². The summed E-state index contributed by atoms with van der Waals surface area (Å²) in [6, 6.07) is 2.15. The molecule has 0 aliphatic heterocycles. The van der Waals surface area contributed by atoms with E-state index in [1.165, 1.54) is 0 Å². The molecule has 0 saturated carbocycles. The summed E-state index contributed by atoms with van der Waals surface area (Å²) in [6.07, 6.45) is 9.62. The SMILES string of the molecule is C=CCC1CC(Nc2c(C#N)cnn2CCCCC)=CC1=O. The summed E-state index contributed by atoms with van der Waals surface area (Å²) in [7, 11) is 0. The molecule has 1 aromatic rings. The summed E-state index contributed by atoms with van der Waals surface area (Å²) in [4.78, 5) is 11.9. The molecule has 0 saturated heterocycles. The molecular formula is C17H22N4O. The third kappa shape index (κ3) is 3.64. The van der Waals surface area contributed by atoms with Gasteiger partial charge in [0.25, 0.3) is 0 Å². The lowest BCUT2D eigenvalue weighted by Crippen LogP contribution is -2.09. The van der Waals surface area contributed by atoms with Gasteiger partial charge in [-0.1, -0.05) is 25.8 Å². The Morgan fingerprint density at radius 2 is 2.41 bits per heavy atom. The Labute approximate surface area is 131 Å². The molecule has 2 rings (SSSR count). The fourth-order valence-corrected chi connectivity index (χ4v) is 2.63. The molecule has 1 aliphatic rings. The highest BCUT2D eigenvalue weighted by Crippen LogP contribution is 2.27. The van der Waals surface area contributed by atoms with E-state index in [1.807, 2.05) is 4.68 Å². The van der Waals surface area contributed by atoms with E-state index >= 15 is 0 Å². The van der Waals surface area contributed by atoms with Crippen molar-refractivity contribution in [1.29, 1.82) is 5.26 Å². The van der Waals surface area contributed by atoms with Gasteiger partial charge in [-0.3, -0.25) is 4.79 Å². The number of ketones is 1. The van der Waals surface area contributed by atoms with Gasteiger partial charge < -0.3 is 5.32 Å². The van der Waals surface area contributed by atoms with Gasteiger partial charge in [0.1, 0.15) is 17.5 Å². The summed E-state index contributed by atoms with van der Waals surface area (Å²) in [5.74, 6) is 0.789. The Hall–Kier alpha value is -2.35. The summed E-state index contributed by atoms with van der Waals surface area (Å²) in [6.45, 7) is 6.61. The molecule has 0 bridgehead atoms. The Balaban J connectivity index is 2.10. The van der Waals surface area contributed by atoms with Crippen LogP contribution in [-0.4, -0.2) is 15.6 Å². The van der Waals surface area contributed by atoms with Crippen LogP contribution in [0.4, 0.5) is 5.82 Å². The van der Waals surface area contributed by atoms with Crippen molar-refractivity contribution in [2.75, 3.05) is 5.32 Å². The second-order valence-electron chi connectivity index (χ2n) is 5.57. The number of hydrogen-bond acceptors (Lipinski definition) is 4. The second kappa shape index (κ2) is 7.60. The average Bonchev–Trinajstić information content (AvgIpc) is 3.04. The van der Waals surface area contributed by atoms with Crippen LogP contribution in [0.3, 0.4) is 0 Å². The lowest BCUT2D eigenvalue weighted by molar-refractivity contribution is -0.117. The number of aryl methyl sites for hydroxylation is 1. The normalized spacial score (nSPS) is 17.2. The van der Waals surface area contributed by atoms with Gasteiger partial charge >= 0.3 is 0 Å². The molecule has 1 aromatic heterocycles. The smallest absolute Gasteiger partial charge is 0.161 e. The number of aromatic nitrogens is 2. The molecule has 116 valence electrons. The molecule has 0 radical (unpaired) electrons. The zero-order valence-corrected chi connectivity index (χ0v) is 13.0. The lowest BCUT2D eigenvalue weighted by atomic mass is 10.0. The summed E-state index contributed by atoms with van der Waals surface area (Å²) < 4.78 is 1.82. The van der Waals surface area contributed by atoms with Crippen LogP contribution >= 0.6 is 0 Å². The summed E-state index contributed by atoms with van der Waals surface area (Å²) >= 11 is 0. The third-order valence-electron chi connectivity index (χ3n) is 3.85. The van der Waals surface area contributed by atoms with Gasteiger partial charge in [-0.25, -0.2) is 4.68 Å². The fourth-order valence-electron chi connectivity index (χ4n) is 2.63. The third-order valence-corrected chi connectivity index (χ3v) is 3.85. The molecule has 1 heterocycles. The molecule has 1 aliphatic carbocycles. The van der Waals surface area contributed by atoms with E-state index in [-0.39, 0.29) is 11.7 Å². The molecule has 5 heteroatoms. The Bertz CT molecular complexity index is 621. The number of nitriles is 1. The Kier molecular flexibility index (Phi) is 5.54. The van der Waals surface area contributed by atoms with E-state index in [2.05, 4.69) is 30.0 Å². The molecule has 1 atom stereocenters. The van der Waals surface area contributed by atoms with Crippen molar-refractivity contribution in [1.82, 2.24) is 9.78 Å². The highest BCUT2D eigenvalue weighted by molar-refractivity contribution is 5.95. The van der Waals surface area contributed by atoms with E-state index in [0.29, 0.717) is 24.2 Å². The molecule has 1 unspecified atom stereocenters. The number of hydrogen-bond donors (Lipinski definition) is 1. The zero-order chi connectivity index (χ0) is 15.9. The molecule has 0 spiro atoms. The monoisotopic (exact) mass is 298 g/mol. The molecule has 22 heavy (non-hydrogen) atoms. The second-order valence-corrected chi connectivity index (χ2v) is 5.57. The topological polar surface area (TPSA) is 70.7 Å². The van der Waals surface area contributed by atoms with Crippen LogP contribution in [0.5, 0.6) is 0 Å². The highest BCUT2D eigenvalue weighted by Gasteiger charge is 2.25. The Morgan fingerprint density at radius 1 is 1.59 bits per heavy atom. The van der Waals surface area contributed by atoms with Gasteiger partial charge in [-0.2, -0.15) is 10.4 Å². The van der Waals surface area contributed by atoms with E-state index in [0.717, 1.165) is 31.5 Å².